The fraction of sp³-hybridized carbons (Fsp3) is 0.800. The third kappa shape index (κ3) is 3.75. The molecule has 0 aromatic rings. The topological polar surface area (TPSA) is 29.5 Å². The number of hydrogen-bond acceptors (Lipinski definition) is 2. The summed E-state index contributed by atoms with van der Waals surface area (Å²) in [5.41, 5.74) is 0. The van der Waals surface area contributed by atoms with Gasteiger partial charge in [-0.05, 0) is 25.7 Å². The lowest BCUT2D eigenvalue weighted by molar-refractivity contribution is -0.0797. The Kier molecular flexibility index (Phi) is 5.79. The normalized spacial score (nSPS) is 34.9. The van der Waals surface area contributed by atoms with E-state index in [0.29, 0.717) is 12.0 Å². The molecule has 12 heavy (non-hydrogen) atoms. The van der Waals surface area contributed by atoms with Crippen molar-refractivity contribution in [2.45, 2.75) is 38.9 Å². The highest BCUT2D eigenvalue weighted by molar-refractivity contribution is 4.71. The monoisotopic (exact) mass is 170 g/mol. The molecule has 0 aromatic carbocycles. The van der Waals surface area contributed by atoms with E-state index in [2.05, 4.69) is 26.7 Å². The predicted octanol–water partition coefficient (Wildman–Crippen LogP) is 1.43. The highest BCUT2D eigenvalue weighted by Gasteiger charge is 2.23. The Morgan fingerprint density at radius 1 is 1.33 bits per heavy atom. The molecule has 1 rings (SSSR count). The molecule has 2 nitrogen and oxygen atoms in total. The summed E-state index contributed by atoms with van der Waals surface area (Å²) in [5.74, 6) is 0.709. The van der Waals surface area contributed by atoms with Crippen LogP contribution < -0.4 is 0 Å². The molecule has 1 aliphatic heterocycles. The maximum Gasteiger partial charge on any atom is 0.0811 e. The summed E-state index contributed by atoms with van der Waals surface area (Å²) >= 11 is 0. The first-order valence-electron chi connectivity index (χ1n) is 4.32. The largest absolute Gasteiger partial charge is 0.394 e. The highest BCUT2D eigenvalue weighted by atomic mass is 16.5. The van der Waals surface area contributed by atoms with Gasteiger partial charge in [-0.25, -0.2) is 0 Å². The lowest BCUT2D eigenvalue weighted by Crippen LogP contribution is -2.32. The molecule has 1 saturated heterocycles. The van der Waals surface area contributed by atoms with Crippen LogP contribution >= 0.6 is 0 Å². The molecule has 2 heteroatoms. The zero-order valence-corrected chi connectivity index (χ0v) is 7.86. The van der Waals surface area contributed by atoms with Gasteiger partial charge in [-0.15, -0.1) is 12.8 Å². The van der Waals surface area contributed by atoms with Crippen LogP contribution in [0.15, 0.2) is 0 Å². The molecule has 0 amide bonds. The third-order valence-electron chi connectivity index (χ3n) is 2.03. The lowest BCUT2D eigenvalue weighted by atomic mass is 9.94. The SMILES string of the molecule is C#C.CC1C[C@@H](C)C[C@@H](CO)O1. The summed E-state index contributed by atoms with van der Waals surface area (Å²) in [6.07, 6.45) is 10.6. The Morgan fingerprint density at radius 3 is 2.33 bits per heavy atom. The molecule has 3 atom stereocenters. The van der Waals surface area contributed by atoms with Crippen molar-refractivity contribution in [3.05, 3.63) is 0 Å². The van der Waals surface area contributed by atoms with Gasteiger partial charge in [-0.2, -0.15) is 0 Å². The Hall–Kier alpha value is -0.520. The fourth-order valence-corrected chi connectivity index (χ4v) is 1.67. The summed E-state index contributed by atoms with van der Waals surface area (Å²) < 4.78 is 5.46. The Labute approximate surface area is 74.9 Å². The van der Waals surface area contributed by atoms with Crippen LogP contribution in [0.25, 0.3) is 0 Å². The maximum atomic E-state index is 8.80. The molecule has 0 bridgehead atoms. The van der Waals surface area contributed by atoms with Gasteiger partial charge in [0.2, 0.25) is 0 Å². The number of rotatable bonds is 1. The van der Waals surface area contributed by atoms with Crippen LogP contribution in [0.5, 0.6) is 0 Å². The molecule has 1 N–H and O–H groups in total. The summed E-state index contributed by atoms with van der Waals surface area (Å²) in [6.45, 7) is 4.45. The number of aliphatic hydroxyl groups excluding tert-OH is 1. The smallest absolute Gasteiger partial charge is 0.0811 e. The van der Waals surface area contributed by atoms with Gasteiger partial charge >= 0.3 is 0 Å². The molecule has 0 aliphatic carbocycles. The zero-order valence-electron chi connectivity index (χ0n) is 7.86. The second-order valence-corrected chi connectivity index (χ2v) is 3.33. The van der Waals surface area contributed by atoms with E-state index in [9.17, 15) is 0 Å². The Morgan fingerprint density at radius 2 is 1.92 bits per heavy atom. The summed E-state index contributed by atoms with van der Waals surface area (Å²) in [6, 6.07) is 0. The van der Waals surface area contributed by atoms with Gasteiger partial charge in [0.1, 0.15) is 0 Å². The van der Waals surface area contributed by atoms with Crippen molar-refractivity contribution >= 4 is 0 Å². The van der Waals surface area contributed by atoms with Gasteiger partial charge < -0.3 is 9.84 Å². The number of ether oxygens (including phenoxy) is 1. The molecular formula is C10H18O2. The van der Waals surface area contributed by atoms with Crippen molar-refractivity contribution in [1.29, 1.82) is 0 Å². The average molecular weight is 170 g/mol. The van der Waals surface area contributed by atoms with Crippen molar-refractivity contribution in [2.24, 2.45) is 5.92 Å². The zero-order chi connectivity index (χ0) is 9.56. The quantitative estimate of drug-likeness (QED) is 0.603. The summed E-state index contributed by atoms with van der Waals surface area (Å²) in [4.78, 5) is 0. The van der Waals surface area contributed by atoms with Gasteiger partial charge in [0.25, 0.3) is 0 Å². The summed E-state index contributed by atoms with van der Waals surface area (Å²) in [7, 11) is 0. The summed E-state index contributed by atoms with van der Waals surface area (Å²) in [5, 5.41) is 8.80. The molecule has 1 fully saturated rings. The lowest BCUT2D eigenvalue weighted by Gasteiger charge is -2.30. The first kappa shape index (κ1) is 11.5. The van der Waals surface area contributed by atoms with Crippen LogP contribution in [-0.2, 0) is 4.74 Å². The van der Waals surface area contributed by atoms with Crippen LogP contribution in [0.2, 0.25) is 0 Å². The van der Waals surface area contributed by atoms with Crippen molar-refractivity contribution < 1.29 is 9.84 Å². The Balaban J connectivity index is 0.000000561. The minimum atomic E-state index is 0.0961. The first-order chi connectivity index (χ1) is 5.72. The highest BCUT2D eigenvalue weighted by Crippen LogP contribution is 2.23. The third-order valence-corrected chi connectivity index (χ3v) is 2.03. The Bertz CT molecular complexity index is 121. The predicted molar refractivity (Wildman–Crippen MR) is 49.7 cm³/mol. The van der Waals surface area contributed by atoms with Gasteiger partial charge in [-0.3, -0.25) is 0 Å². The van der Waals surface area contributed by atoms with E-state index < -0.39 is 0 Å². The second-order valence-electron chi connectivity index (χ2n) is 3.33. The van der Waals surface area contributed by atoms with E-state index in [4.69, 9.17) is 9.84 Å². The first-order valence-corrected chi connectivity index (χ1v) is 4.32. The van der Waals surface area contributed by atoms with Crippen molar-refractivity contribution in [2.75, 3.05) is 6.61 Å². The van der Waals surface area contributed by atoms with Gasteiger partial charge in [0.05, 0.1) is 18.8 Å². The maximum absolute atomic E-state index is 8.80. The molecule has 0 radical (unpaired) electrons. The van der Waals surface area contributed by atoms with Crippen molar-refractivity contribution in [3.63, 3.8) is 0 Å². The molecule has 0 aromatic heterocycles. The molecule has 1 heterocycles. The minimum absolute atomic E-state index is 0.0961. The standard InChI is InChI=1S/C8H16O2.C2H2/c1-6-3-7(2)10-8(4-6)5-9;1-2/h6-9H,3-5H2,1-2H3;1-2H/t6-,7?,8+;/m1./s1. The van der Waals surface area contributed by atoms with E-state index >= 15 is 0 Å². The van der Waals surface area contributed by atoms with Gasteiger partial charge in [0.15, 0.2) is 0 Å². The fourth-order valence-electron chi connectivity index (χ4n) is 1.67. The van der Waals surface area contributed by atoms with E-state index in [-0.39, 0.29) is 12.7 Å². The van der Waals surface area contributed by atoms with E-state index in [1.165, 1.54) is 0 Å². The van der Waals surface area contributed by atoms with E-state index in [1.54, 1.807) is 0 Å². The average Bonchev–Trinajstić information content (AvgIpc) is 2.06. The van der Waals surface area contributed by atoms with Crippen LogP contribution in [0, 0.1) is 18.8 Å². The molecule has 70 valence electrons. The minimum Gasteiger partial charge on any atom is -0.394 e. The van der Waals surface area contributed by atoms with Crippen molar-refractivity contribution in [3.8, 4) is 12.8 Å². The molecule has 1 unspecified atom stereocenters. The van der Waals surface area contributed by atoms with Crippen molar-refractivity contribution in [1.82, 2.24) is 0 Å². The number of hydrogen-bond donors (Lipinski definition) is 1. The van der Waals surface area contributed by atoms with Gasteiger partial charge in [-0.1, -0.05) is 6.92 Å². The number of aliphatic hydroxyl groups is 1. The van der Waals surface area contributed by atoms with Gasteiger partial charge in [0, 0.05) is 0 Å². The second kappa shape index (κ2) is 6.05. The number of terminal acetylenes is 1. The molecule has 0 saturated carbocycles. The van der Waals surface area contributed by atoms with Crippen LogP contribution in [0.4, 0.5) is 0 Å². The van der Waals surface area contributed by atoms with Crippen LogP contribution in [0.3, 0.4) is 0 Å². The molecular weight excluding hydrogens is 152 g/mol. The van der Waals surface area contributed by atoms with E-state index in [1.807, 2.05) is 0 Å². The van der Waals surface area contributed by atoms with Crippen LogP contribution in [-0.4, -0.2) is 23.9 Å². The molecule has 1 aliphatic rings. The molecule has 0 spiro atoms. The van der Waals surface area contributed by atoms with Crippen LogP contribution in [0.1, 0.15) is 26.7 Å². The van der Waals surface area contributed by atoms with E-state index in [0.717, 1.165) is 12.8 Å².